The Morgan fingerprint density at radius 1 is 1.44 bits per heavy atom. The molecule has 1 N–H and O–H groups in total. The summed E-state index contributed by atoms with van der Waals surface area (Å²) in [5.74, 6) is 1.90. The third-order valence-corrected chi connectivity index (χ3v) is 3.35. The lowest BCUT2D eigenvalue weighted by molar-refractivity contribution is 0.686. The number of anilines is 1. The van der Waals surface area contributed by atoms with Crippen LogP contribution in [0.15, 0.2) is 6.33 Å². The molecular weight excluding hydrogens is 222 g/mol. The van der Waals surface area contributed by atoms with Crippen molar-refractivity contribution < 1.29 is 0 Å². The summed E-state index contributed by atoms with van der Waals surface area (Å²) in [6.45, 7) is 3.05. The van der Waals surface area contributed by atoms with Gasteiger partial charge in [0.25, 0.3) is 0 Å². The maximum atomic E-state index is 6.01. The molecule has 0 unspecified atom stereocenters. The van der Waals surface area contributed by atoms with Gasteiger partial charge in [0.1, 0.15) is 17.3 Å². The molecule has 3 nitrogen and oxygen atoms in total. The SMILES string of the molecule is CCc1c(Cl)ncnc1NCCCC1CC1. The highest BCUT2D eigenvalue weighted by Gasteiger charge is 2.20. The Balaban J connectivity index is 1.84. The van der Waals surface area contributed by atoms with Crippen LogP contribution < -0.4 is 5.32 Å². The van der Waals surface area contributed by atoms with Gasteiger partial charge >= 0.3 is 0 Å². The van der Waals surface area contributed by atoms with E-state index in [0.717, 1.165) is 30.3 Å². The van der Waals surface area contributed by atoms with Crippen LogP contribution in [0.1, 0.15) is 38.2 Å². The van der Waals surface area contributed by atoms with E-state index in [0.29, 0.717) is 5.15 Å². The molecule has 0 aliphatic heterocycles. The summed E-state index contributed by atoms with van der Waals surface area (Å²) in [6, 6.07) is 0. The van der Waals surface area contributed by atoms with Crippen molar-refractivity contribution in [1.82, 2.24) is 9.97 Å². The summed E-state index contributed by atoms with van der Waals surface area (Å²) in [5.41, 5.74) is 1.02. The van der Waals surface area contributed by atoms with Crippen LogP contribution in [0.2, 0.25) is 5.15 Å². The van der Waals surface area contributed by atoms with Gasteiger partial charge in [0.05, 0.1) is 0 Å². The van der Waals surface area contributed by atoms with Crippen LogP contribution >= 0.6 is 11.6 Å². The molecule has 1 aromatic heterocycles. The van der Waals surface area contributed by atoms with Crippen molar-refractivity contribution in [1.29, 1.82) is 0 Å². The maximum absolute atomic E-state index is 6.01. The van der Waals surface area contributed by atoms with Crippen molar-refractivity contribution in [3.05, 3.63) is 17.0 Å². The highest BCUT2D eigenvalue weighted by molar-refractivity contribution is 6.30. The number of rotatable bonds is 6. The normalized spacial score (nSPS) is 15.1. The summed E-state index contributed by atoms with van der Waals surface area (Å²) in [4.78, 5) is 8.23. The standard InChI is InChI=1S/C12H18ClN3/c1-2-10-11(13)15-8-16-12(10)14-7-3-4-9-5-6-9/h8-9H,2-7H2,1H3,(H,14,15,16). The summed E-state index contributed by atoms with van der Waals surface area (Å²) >= 11 is 6.01. The summed E-state index contributed by atoms with van der Waals surface area (Å²) in [7, 11) is 0. The molecule has 4 heteroatoms. The van der Waals surface area contributed by atoms with Gasteiger partial charge in [0.2, 0.25) is 0 Å². The number of halogens is 1. The van der Waals surface area contributed by atoms with Crippen molar-refractivity contribution in [3.63, 3.8) is 0 Å². The third kappa shape index (κ3) is 3.08. The number of nitrogens with zero attached hydrogens (tertiary/aromatic N) is 2. The molecule has 1 saturated carbocycles. The predicted octanol–water partition coefficient (Wildman–Crippen LogP) is 3.29. The zero-order valence-electron chi connectivity index (χ0n) is 9.67. The van der Waals surface area contributed by atoms with E-state index in [2.05, 4.69) is 22.2 Å². The lowest BCUT2D eigenvalue weighted by atomic mass is 10.2. The predicted molar refractivity (Wildman–Crippen MR) is 66.9 cm³/mol. The molecule has 0 amide bonds. The van der Waals surface area contributed by atoms with Gasteiger partial charge < -0.3 is 5.32 Å². The van der Waals surface area contributed by atoms with Crippen molar-refractivity contribution in [2.24, 2.45) is 5.92 Å². The van der Waals surface area contributed by atoms with Gasteiger partial charge in [-0.25, -0.2) is 9.97 Å². The van der Waals surface area contributed by atoms with E-state index in [1.165, 1.54) is 32.0 Å². The van der Waals surface area contributed by atoms with E-state index >= 15 is 0 Å². The zero-order chi connectivity index (χ0) is 11.4. The molecule has 1 fully saturated rings. The van der Waals surface area contributed by atoms with Crippen LogP contribution in [0.5, 0.6) is 0 Å². The van der Waals surface area contributed by atoms with E-state index in [9.17, 15) is 0 Å². The molecule has 1 heterocycles. The first-order chi connectivity index (χ1) is 7.81. The average molecular weight is 240 g/mol. The van der Waals surface area contributed by atoms with Gasteiger partial charge in [0, 0.05) is 12.1 Å². The average Bonchev–Trinajstić information content (AvgIpc) is 3.08. The molecule has 0 bridgehead atoms. The molecule has 0 spiro atoms. The van der Waals surface area contributed by atoms with Crippen molar-refractivity contribution in [2.45, 2.75) is 39.0 Å². The second-order valence-corrected chi connectivity index (χ2v) is 4.72. The molecule has 16 heavy (non-hydrogen) atoms. The summed E-state index contributed by atoms with van der Waals surface area (Å²) < 4.78 is 0. The van der Waals surface area contributed by atoms with Gasteiger partial charge in [-0.2, -0.15) is 0 Å². The molecule has 0 saturated heterocycles. The molecule has 88 valence electrons. The Morgan fingerprint density at radius 2 is 2.25 bits per heavy atom. The maximum Gasteiger partial charge on any atom is 0.137 e. The Morgan fingerprint density at radius 3 is 2.94 bits per heavy atom. The van der Waals surface area contributed by atoms with Crippen LogP contribution in [-0.4, -0.2) is 16.5 Å². The molecule has 1 aromatic rings. The Kier molecular flexibility index (Phi) is 3.99. The molecular formula is C12H18ClN3. The van der Waals surface area contributed by atoms with E-state index < -0.39 is 0 Å². The second-order valence-electron chi connectivity index (χ2n) is 4.36. The first-order valence-electron chi connectivity index (χ1n) is 6.04. The molecule has 0 radical (unpaired) electrons. The van der Waals surface area contributed by atoms with E-state index in [1.54, 1.807) is 0 Å². The highest BCUT2D eigenvalue weighted by Crippen LogP contribution is 2.33. The molecule has 1 aliphatic rings. The number of aromatic nitrogens is 2. The first kappa shape index (κ1) is 11.6. The number of hydrogen-bond acceptors (Lipinski definition) is 3. The van der Waals surface area contributed by atoms with Crippen molar-refractivity contribution in [3.8, 4) is 0 Å². The Hall–Kier alpha value is -0.830. The highest BCUT2D eigenvalue weighted by atomic mass is 35.5. The van der Waals surface area contributed by atoms with Crippen molar-refractivity contribution >= 4 is 17.4 Å². The van der Waals surface area contributed by atoms with Crippen LogP contribution in [-0.2, 0) is 6.42 Å². The Labute approximate surface area is 102 Å². The quantitative estimate of drug-likeness (QED) is 0.612. The van der Waals surface area contributed by atoms with Crippen LogP contribution in [0.25, 0.3) is 0 Å². The minimum absolute atomic E-state index is 0.571. The third-order valence-electron chi connectivity index (χ3n) is 3.02. The Bertz CT molecular complexity index is 350. The smallest absolute Gasteiger partial charge is 0.137 e. The zero-order valence-corrected chi connectivity index (χ0v) is 10.4. The largest absolute Gasteiger partial charge is 0.370 e. The van der Waals surface area contributed by atoms with Crippen LogP contribution in [0.3, 0.4) is 0 Å². The van der Waals surface area contributed by atoms with Crippen molar-refractivity contribution in [2.75, 3.05) is 11.9 Å². The fraction of sp³-hybridized carbons (Fsp3) is 0.667. The fourth-order valence-electron chi connectivity index (χ4n) is 1.86. The van der Waals surface area contributed by atoms with Gasteiger partial charge in [-0.05, 0) is 25.2 Å². The van der Waals surface area contributed by atoms with Gasteiger partial charge in [-0.1, -0.05) is 31.4 Å². The summed E-state index contributed by atoms with van der Waals surface area (Å²) in [6.07, 6.45) is 7.80. The monoisotopic (exact) mass is 239 g/mol. The minimum Gasteiger partial charge on any atom is -0.370 e. The first-order valence-corrected chi connectivity index (χ1v) is 6.42. The van der Waals surface area contributed by atoms with Gasteiger partial charge in [-0.15, -0.1) is 0 Å². The number of nitrogens with one attached hydrogen (secondary N) is 1. The number of hydrogen-bond donors (Lipinski definition) is 1. The van der Waals surface area contributed by atoms with Gasteiger partial charge in [-0.3, -0.25) is 0 Å². The van der Waals surface area contributed by atoms with E-state index in [4.69, 9.17) is 11.6 Å². The van der Waals surface area contributed by atoms with Gasteiger partial charge in [0.15, 0.2) is 0 Å². The van der Waals surface area contributed by atoms with E-state index in [1.807, 2.05) is 0 Å². The van der Waals surface area contributed by atoms with Crippen LogP contribution in [0.4, 0.5) is 5.82 Å². The minimum atomic E-state index is 0.571. The van der Waals surface area contributed by atoms with E-state index in [-0.39, 0.29) is 0 Å². The summed E-state index contributed by atoms with van der Waals surface area (Å²) in [5, 5.41) is 3.92. The second kappa shape index (κ2) is 5.48. The fourth-order valence-corrected chi connectivity index (χ4v) is 2.13. The molecule has 0 atom stereocenters. The lowest BCUT2D eigenvalue weighted by Crippen LogP contribution is -2.07. The lowest BCUT2D eigenvalue weighted by Gasteiger charge is -2.09. The molecule has 1 aliphatic carbocycles. The van der Waals surface area contributed by atoms with Crippen LogP contribution in [0, 0.1) is 5.92 Å². The molecule has 2 rings (SSSR count). The topological polar surface area (TPSA) is 37.8 Å². The molecule has 0 aromatic carbocycles.